The van der Waals surface area contributed by atoms with Gasteiger partial charge in [-0.2, -0.15) is 0 Å². The van der Waals surface area contributed by atoms with E-state index >= 15 is 0 Å². The van der Waals surface area contributed by atoms with Crippen molar-refractivity contribution < 1.29 is 19.0 Å². The van der Waals surface area contributed by atoms with Crippen LogP contribution in [0, 0.1) is 6.92 Å². The van der Waals surface area contributed by atoms with Gasteiger partial charge in [0.2, 0.25) is 5.91 Å². The molecule has 0 saturated carbocycles. The van der Waals surface area contributed by atoms with Gasteiger partial charge in [0.15, 0.2) is 0 Å². The molecule has 0 atom stereocenters. The van der Waals surface area contributed by atoms with Crippen molar-refractivity contribution in [2.45, 2.75) is 25.9 Å². The highest BCUT2D eigenvalue weighted by Gasteiger charge is 2.16. The van der Waals surface area contributed by atoms with Gasteiger partial charge in [-0.25, -0.2) is 0 Å². The first-order chi connectivity index (χ1) is 11.2. The van der Waals surface area contributed by atoms with Gasteiger partial charge in [-0.1, -0.05) is 0 Å². The zero-order chi connectivity index (χ0) is 16.5. The van der Waals surface area contributed by atoms with Gasteiger partial charge in [0.25, 0.3) is 0 Å². The highest BCUT2D eigenvalue weighted by atomic mass is 16.5. The monoisotopic (exact) mass is 322 g/mol. The molecule has 0 spiro atoms. The SMILES string of the molecule is COCCNCC(=O)Nc1ccc(OC2CCOCC2)c(C)c1. The molecular weight excluding hydrogens is 296 g/mol. The number of methoxy groups -OCH3 is 1. The Morgan fingerprint density at radius 3 is 2.83 bits per heavy atom. The maximum absolute atomic E-state index is 11.8. The van der Waals surface area contributed by atoms with Crippen molar-refractivity contribution in [2.24, 2.45) is 0 Å². The van der Waals surface area contributed by atoms with Crippen LogP contribution in [-0.4, -0.2) is 52.0 Å². The van der Waals surface area contributed by atoms with Crippen molar-refractivity contribution >= 4 is 11.6 Å². The van der Waals surface area contributed by atoms with E-state index in [-0.39, 0.29) is 18.6 Å². The number of hydrogen-bond acceptors (Lipinski definition) is 5. The Kier molecular flexibility index (Phi) is 7.32. The molecule has 1 saturated heterocycles. The van der Waals surface area contributed by atoms with E-state index in [9.17, 15) is 4.79 Å². The molecule has 6 heteroatoms. The fourth-order valence-corrected chi connectivity index (χ4v) is 2.41. The zero-order valence-corrected chi connectivity index (χ0v) is 13.9. The number of anilines is 1. The zero-order valence-electron chi connectivity index (χ0n) is 13.9. The van der Waals surface area contributed by atoms with E-state index in [0.29, 0.717) is 13.2 Å². The van der Waals surface area contributed by atoms with Crippen LogP contribution in [0.1, 0.15) is 18.4 Å². The molecule has 2 rings (SSSR count). The molecule has 0 aliphatic carbocycles. The molecule has 2 N–H and O–H groups in total. The highest BCUT2D eigenvalue weighted by molar-refractivity contribution is 5.92. The van der Waals surface area contributed by atoms with Crippen molar-refractivity contribution in [1.82, 2.24) is 5.32 Å². The molecule has 6 nitrogen and oxygen atoms in total. The van der Waals surface area contributed by atoms with Gasteiger partial charge in [-0.3, -0.25) is 4.79 Å². The van der Waals surface area contributed by atoms with Crippen LogP contribution in [0.3, 0.4) is 0 Å². The van der Waals surface area contributed by atoms with Crippen LogP contribution >= 0.6 is 0 Å². The van der Waals surface area contributed by atoms with Crippen LogP contribution in [-0.2, 0) is 14.3 Å². The summed E-state index contributed by atoms with van der Waals surface area (Å²) in [4.78, 5) is 11.8. The largest absolute Gasteiger partial charge is 0.490 e. The third kappa shape index (κ3) is 6.17. The van der Waals surface area contributed by atoms with Crippen LogP contribution in [0.25, 0.3) is 0 Å². The lowest BCUT2D eigenvalue weighted by molar-refractivity contribution is -0.115. The average molecular weight is 322 g/mol. The first kappa shape index (κ1) is 17.7. The number of hydrogen-bond donors (Lipinski definition) is 2. The third-order valence-electron chi connectivity index (χ3n) is 3.69. The van der Waals surface area contributed by atoms with Crippen molar-refractivity contribution in [3.63, 3.8) is 0 Å². The Labute approximate surface area is 137 Å². The maximum atomic E-state index is 11.8. The topological polar surface area (TPSA) is 68.8 Å². The second kappa shape index (κ2) is 9.50. The first-order valence-electron chi connectivity index (χ1n) is 8.03. The summed E-state index contributed by atoms with van der Waals surface area (Å²) in [6.45, 7) is 5.01. The van der Waals surface area contributed by atoms with Gasteiger partial charge in [0.05, 0.1) is 26.4 Å². The lowest BCUT2D eigenvalue weighted by Gasteiger charge is -2.24. The molecule has 1 heterocycles. The molecular formula is C17H26N2O4. The van der Waals surface area contributed by atoms with Crippen molar-refractivity contribution in [2.75, 3.05) is 45.3 Å². The minimum absolute atomic E-state index is 0.0707. The Bertz CT molecular complexity index is 501. The summed E-state index contributed by atoms with van der Waals surface area (Å²) in [6.07, 6.45) is 2.06. The minimum atomic E-state index is -0.0707. The number of amides is 1. The summed E-state index contributed by atoms with van der Waals surface area (Å²) in [5.74, 6) is 0.798. The molecule has 1 fully saturated rings. The highest BCUT2D eigenvalue weighted by Crippen LogP contribution is 2.25. The Morgan fingerprint density at radius 2 is 2.13 bits per heavy atom. The molecule has 0 bridgehead atoms. The standard InChI is InChI=1S/C17H26N2O4/c1-13-11-14(19-17(20)12-18-7-10-21-2)3-4-16(13)23-15-5-8-22-9-6-15/h3-4,11,15,18H,5-10,12H2,1-2H3,(H,19,20). The molecule has 1 amide bonds. The Hall–Kier alpha value is -1.63. The Balaban J connectivity index is 1.82. The number of nitrogens with one attached hydrogen (secondary N) is 2. The van der Waals surface area contributed by atoms with E-state index in [1.54, 1.807) is 7.11 Å². The number of benzene rings is 1. The van der Waals surface area contributed by atoms with Crippen LogP contribution in [0.2, 0.25) is 0 Å². The molecule has 1 aromatic carbocycles. The van der Waals surface area contributed by atoms with E-state index < -0.39 is 0 Å². The quantitative estimate of drug-likeness (QED) is 0.713. The van der Waals surface area contributed by atoms with Crippen LogP contribution < -0.4 is 15.4 Å². The number of carbonyl (C=O) groups is 1. The summed E-state index contributed by atoms with van der Waals surface area (Å²) >= 11 is 0. The maximum Gasteiger partial charge on any atom is 0.238 e. The van der Waals surface area contributed by atoms with Gasteiger partial charge in [-0.15, -0.1) is 0 Å². The van der Waals surface area contributed by atoms with Crippen LogP contribution in [0.4, 0.5) is 5.69 Å². The summed E-state index contributed by atoms with van der Waals surface area (Å²) in [6, 6.07) is 5.72. The van der Waals surface area contributed by atoms with E-state index in [2.05, 4.69) is 10.6 Å². The predicted octanol–water partition coefficient (Wildman–Crippen LogP) is 1.73. The molecule has 0 radical (unpaired) electrons. The average Bonchev–Trinajstić information content (AvgIpc) is 2.55. The fraction of sp³-hybridized carbons (Fsp3) is 0.588. The molecule has 128 valence electrons. The minimum Gasteiger partial charge on any atom is -0.490 e. The number of rotatable bonds is 8. The molecule has 1 aromatic rings. The summed E-state index contributed by atoms with van der Waals surface area (Å²) in [7, 11) is 1.63. The van der Waals surface area contributed by atoms with Gasteiger partial charge >= 0.3 is 0 Å². The molecule has 1 aliphatic rings. The second-order valence-corrected chi connectivity index (χ2v) is 5.63. The van der Waals surface area contributed by atoms with E-state index in [1.165, 1.54) is 0 Å². The smallest absolute Gasteiger partial charge is 0.238 e. The van der Waals surface area contributed by atoms with Crippen molar-refractivity contribution in [3.05, 3.63) is 23.8 Å². The fourth-order valence-electron chi connectivity index (χ4n) is 2.41. The third-order valence-corrected chi connectivity index (χ3v) is 3.69. The molecule has 23 heavy (non-hydrogen) atoms. The van der Waals surface area contributed by atoms with Gasteiger partial charge in [0, 0.05) is 32.2 Å². The van der Waals surface area contributed by atoms with Gasteiger partial charge in [-0.05, 0) is 30.7 Å². The van der Waals surface area contributed by atoms with E-state index in [1.807, 2.05) is 25.1 Å². The van der Waals surface area contributed by atoms with Crippen molar-refractivity contribution in [1.29, 1.82) is 0 Å². The van der Waals surface area contributed by atoms with Crippen LogP contribution in [0.15, 0.2) is 18.2 Å². The number of carbonyl (C=O) groups excluding carboxylic acids is 1. The summed E-state index contributed by atoms with van der Waals surface area (Å²) in [5.41, 5.74) is 1.79. The number of aryl methyl sites for hydroxylation is 1. The summed E-state index contributed by atoms with van der Waals surface area (Å²) < 4.78 is 16.3. The summed E-state index contributed by atoms with van der Waals surface area (Å²) in [5, 5.41) is 5.89. The van der Waals surface area contributed by atoms with Gasteiger partial charge < -0.3 is 24.8 Å². The second-order valence-electron chi connectivity index (χ2n) is 5.63. The van der Waals surface area contributed by atoms with E-state index in [4.69, 9.17) is 14.2 Å². The lowest BCUT2D eigenvalue weighted by Crippen LogP contribution is -2.30. The molecule has 0 aromatic heterocycles. The van der Waals surface area contributed by atoms with Crippen molar-refractivity contribution in [3.8, 4) is 5.75 Å². The molecule has 0 unspecified atom stereocenters. The normalized spacial score (nSPS) is 15.4. The van der Waals surface area contributed by atoms with E-state index in [0.717, 1.165) is 43.1 Å². The van der Waals surface area contributed by atoms with Crippen LogP contribution in [0.5, 0.6) is 5.75 Å². The predicted molar refractivity (Wildman–Crippen MR) is 89.0 cm³/mol. The Morgan fingerprint density at radius 1 is 1.35 bits per heavy atom. The lowest BCUT2D eigenvalue weighted by atomic mass is 10.1. The first-order valence-corrected chi connectivity index (χ1v) is 8.03. The number of ether oxygens (including phenoxy) is 3. The molecule has 1 aliphatic heterocycles. The van der Waals surface area contributed by atoms with Gasteiger partial charge in [0.1, 0.15) is 11.9 Å².